The van der Waals surface area contributed by atoms with Crippen LogP contribution in [0, 0.1) is 0 Å². The minimum Gasteiger partial charge on any atom is -0.361 e. The largest absolute Gasteiger partial charge is 0.361 e. The van der Waals surface area contributed by atoms with Crippen LogP contribution in [0.5, 0.6) is 0 Å². The van der Waals surface area contributed by atoms with Crippen molar-refractivity contribution < 1.29 is 8.42 Å². The van der Waals surface area contributed by atoms with E-state index in [4.69, 9.17) is 0 Å². The van der Waals surface area contributed by atoms with Gasteiger partial charge >= 0.3 is 0 Å². The van der Waals surface area contributed by atoms with Crippen molar-refractivity contribution in [1.82, 2.24) is 4.98 Å². The van der Waals surface area contributed by atoms with E-state index in [0.717, 1.165) is 22.2 Å². The Morgan fingerprint density at radius 2 is 1.84 bits per heavy atom. The molecule has 0 saturated carbocycles. The van der Waals surface area contributed by atoms with Gasteiger partial charge in [-0.15, -0.1) is 0 Å². The number of H-pyrrole nitrogens is 1. The maximum atomic E-state index is 11.9. The zero-order valence-electron chi connectivity index (χ0n) is 13.7. The van der Waals surface area contributed by atoms with Crippen molar-refractivity contribution in [2.45, 2.75) is 12.5 Å². The Labute approximate surface area is 146 Å². The third-order valence-corrected chi connectivity index (χ3v) is 6.27. The molecular weight excluding hydrogens is 334 g/mol. The predicted molar refractivity (Wildman–Crippen MR) is 102 cm³/mol. The normalized spacial score (nSPS) is 19.6. The molecule has 1 aliphatic heterocycles. The fraction of sp³-hybridized carbons (Fsp3) is 0.211. The molecule has 0 radical (unpaired) electrons. The summed E-state index contributed by atoms with van der Waals surface area (Å²) >= 11 is 0. The van der Waals surface area contributed by atoms with E-state index < -0.39 is 9.84 Å². The SMILES string of the molecule is O=S1(=O)CCC(N(N=Cc2c[nH]c3ccccc23)c2ccccc2)C1. The lowest BCUT2D eigenvalue weighted by molar-refractivity contribution is 0.600. The summed E-state index contributed by atoms with van der Waals surface area (Å²) in [6.45, 7) is 0. The average Bonchev–Trinajstić information content (AvgIpc) is 3.19. The van der Waals surface area contributed by atoms with Gasteiger partial charge in [-0.2, -0.15) is 5.10 Å². The molecule has 3 aromatic rings. The van der Waals surface area contributed by atoms with E-state index in [1.54, 1.807) is 6.21 Å². The molecule has 0 bridgehead atoms. The zero-order valence-corrected chi connectivity index (χ0v) is 14.5. The Morgan fingerprint density at radius 1 is 1.08 bits per heavy atom. The molecule has 2 aromatic carbocycles. The van der Waals surface area contributed by atoms with Crippen LogP contribution >= 0.6 is 0 Å². The minimum atomic E-state index is -2.98. The molecule has 128 valence electrons. The average molecular weight is 353 g/mol. The van der Waals surface area contributed by atoms with E-state index in [9.17, 15) is 8.42 Å². The molecule has 1 atom stereocenters. The molecule has 0 aliphatic carbocycles. The van der Waals surface area contributed by atoms with E-state index in [1.807, 2.05) is 65.8 Å². The van der Waals surface area contributed by atoms with Crippen LogP contribution < -0.4 is 5.01 Å². The predicted octanol–water partition coefficient (Wildman–Crippen LogP) is 3.20. The number of nitrogens with one attached hydrogen (secondary N) is 1. The lowest BCUT2D eigenvalue weighted by Gasteiger charge is -2.25. The molecule has 1 N–H and O–H groups in total. The first kappa shape index (κ1) is 15.9. The Kier molecular flexibility index (Phi) is 4.05. The van der Waals surface area contributed by atoms with E-state index in [1.165, 1.54) is 0 Å². The van der Waals surface area contributed by atoms with Crippen molar-refractivity contribution in [3.05, 3.63) is 66.4 Å². The van der Waals surface area contributed by atoms with Gasteiger partial charge in [0.15, 0.2) is 9.84 Å². The number of hydrogen-bond donors (Lipinski definition) is 1. The van der Waals surface area contributed by atoms with Gasteiger partial charge in [0.1, 0.15) is 0 Å². The second-order valence-corrected chi connectivity index (χ2v) is 8.50. The highest BCUT2D eigenvalue weighted by Crippen LogP contribution is 2.25. The number of fused-ring (bicyclic) bond motifs is 1. The molecule has 0 amide bonds. The van der Waals surface area contributed by atoms with E-state index >= 15 is 0 Å². The molecule has 6 heteroatoms. The van der Waals surface area contributed by atoms with Crippen LogP contribution in [-0.4, -0.2) is 37.2 Å². The maximum absolute atomic E-state index is 11.9. The van der Waals surface area contributed by atoms with Gasteiger partial charge in [-0.25, -0.2) is 8.42 Å². The number of rotatable bonds is 4. The summed E-state index contributed by atoms with van der Waals surface area (Å²) in [4.78, 5) is 3.23. The number of aromatic nitrogens is 1. The van der Waals surface area contributed by atoms with Crippen molar-refractivity contribution in [3.8, 4) is 0 Å². The van der Waals surface area contributed by atoms with Gasteiger partial charge in [-0.3, -0.25) is 5.01 Å². The molecule has 1 aromatic heterocycles. The number of hydrazone groups is 1. The Morgan fingerprint density at radius 3 is 2.60 bits per heavy atom. The first-order valence-corrected chi connectivity index (χ1v) is 10.1. The Balaban J connectivity index is 1.69. The smallest absolute Gasteiger partial charge is 0.152 e. The van der Waals surface area contributed by atoms with Crippen LogP contribution in [0.3, 0.4) is 0 Å². The van der Waals surface area contributed by atoms with Crippen molar-refractivity contribution in [2.75, 3.05) is 16.5 Å². The van der Waals surface area contributed by atoms with Crippen LogP contribution in [0.1, 0.15) is 12.0 Å². The van der Waals surface area contributed by atoms with E-state index in [-0.39, 0.29) is 17.5 Å². The number of para-hydroxylation sites is 2. The second-order valence-electron chi connectivity index (χ2n) is 6.27. The lowest BCUT2D eigenvalue weighted by Crippen LogP contribution is -2.31. The molecule has 1 saturated heterocycles. The highest BCUT2D eigenvalue weighted by Gasteiger charge is 2.32. The van der Waals surface area contributed by atoms with Crippen molar-refractivity contribution in [1.29, 1.82) is 0 Å². The van der Waals surface area contributed by atoms with Crippen LogP contribution in [0.4, 0.5) is 5.69 Å². The summed E-state index contributed by atoms with van der Waals surface area (Å²) in [6, 6.07) is 17.6. The number of sulfone groups is 1. The highest BCUT2D eigenvalue weighted by atomic mass is 32.2. The summed E-state index contributed by atoms with van der Waals surface area (Å²) in [5, 5.41) is 7.59. The minimum absolute atomic E-state index is 0.131. The van der Waals surface area contributed by atoms with E-state index in [2.05, 4.69) is 10.1 Å². The molecule has 1 aliphatic rings. The van der Waals surface area contributed by atoms with Crippen LogP contribution in [0.2, 0.25) is 0 Å². The fourth-order valence-corrected chi connectivity index (χ4v) is 4.94. The standard InChI is InChI=1S/C19H19N3O2S/c23-25(24)11-10-17(14-25)22(16-6-2-1-3-7-16)21-13-15-12-20-19-9-5-4-8-18(15)19/h1-9,12-13,17,20H,10-11,14H2. The van der Waals surface area contributed by atoms with Crippen molar-refractivity contribution in [3.63, 3.8) is 0 Å². The Bertz CT molecular complexity index is 1010. The van der Waals surface area contributed by atoms with Gasteiger partial charge in [0, 0.05) is 22.7 Å². The molecule has 4 rings (SSSR count). The number of benzene rings is 2. The number of aromatic amines is 1. The molecule has 2 heterocycles. The molecular formula is C19H19N3O2S. The summed E-state index contributed by atoms with van der Waals surface area (Å²) < 4.78 is 23.8. The first-order valence-electron chi connectivity index (χ1n) is 8.27. The topological polar surface area (TPSA) is 65.5 Å². The summed E-state index contributed by atoms with van der Waals surface area (Å²) in [7, 11) is -2.98. The van der Waals surface area contributed by atoms with Gasteiger partial charge in [0.25, 0.3) is 0 Å². The van der Waals surface area contributed by atoms with Crippen LogP contribution in [-0.2, 0) is 9.84 Å². The quantitative estimate of drug-likeness (QED) is 0.579. The lowest BCUT2D eigenvalue weighted by atomic mass is 10.2. The molecule has 0 spiro atoms. The fourth-order valence-electron chi connectivity index (χ4n) is 3.25. The monoisotopic (exact) mass is 353 g/mol. The summed E-state index contributed by atoms with van der Waals surface area (Å²) in [5.41, 5.74) is 2.94. The van der Waals surface area contributed by atoms with E-state index in [0.29, 0.717) is 6.42 Å². The van der Waals surface area contributed by atoms with Gasteiger partial charge in [-0.1, -0.05) is 36.4 Å². The second kappa shape index (κ2) is 6.37. The third kappa shape index (κ3) is 3.30. The highest BCUT2D eigenvalue weighted by molar-refractivity contribution is 7.91. The van der Waals surface area contributed by atoms with Crippen molar-refractivity contribution in [2.24, 2.45) is 5.10 Å². The number of anilines is 1. The van der Waals surface area contributed by atoms with Gasteiger partial charge in [0.2, 0.25) is 0 Å². The van der Waals surface area contributed by atoms with Crippen LogP contribution in [0.15, 0.2) is 65.9 Å². The number of nitrogens with zero attached hydrogens (tertiary/aromatic N) is 2. The van der Waals surface area contributed by atoms with Crippen molar-refractivity contribution >= 4 is 32.6 Å². The first-order chi connectivity index (χ1) is 12.1. The van der Waals surface area contributed by atoms with Gasteiger partial charge in [0.05, 0.1) is 29.4 Å². The molecule has 1 fully saturated rings. The Hall–Kier alpha value is -2.60. The summed E-state index contributed by atoms with van der Waals surface area (Å²) in [5.74, 6) is 0.372. The maximum Gasteiger partial charge on any atom is 0.152 e. The van der Waals surface area contributed by atoms with Gasteiger partial charge in [-0.05, 0) is 24.6 Å². The molecule has 1 unspecified atom stereocenters. The van der Waals surface area contributed by atoms with Gasteiger partial charge < -0.3 is 4.98 Å². The third-order valence-electron chi connectivity index (χ3n) is 4.52. The number of hydrogen-bond acceptors (Lipinski definition) is 4. The summed E-state index contributed by atoms with van der Waals surface area (Å²) in [6.07, 6.45) is 4.32. The molecule has 25 heavy (non-hydrogen) atoms. The zero-order chi connectivity index (χ0) is 17.3. The molecule has 5 nitrogen and oxygen atoms in total. The van der Waals surface area contributed by atoms with Crippen LogP contribution in [0.25, 0.3) is 10.9 Å².